The summed E-state index contributed by atoms with van der Waals surface area (Å²) < 4.78 is 14.8. The summed E-state index contributed by atoms with van der Waals surface area (Å²) >= 11 is 14.3. The predicted molar refractivity (Wildman–Crippen MR) is 157 cm³/mol. The van der Waals surface area contributed by atoms with Crippen LogP contribution in [0.15, 0.2) is 42.2 Å². The molecule has 2 aromatic rings. The highest BCUT2D eigenvalue weighted by Gasteiger charge is 2.22. The third-order valence-electron chi connectivity index (χ3n) is 5.38. The maximum Gasteiger partial charge on any atom is 0.237 e. The average molecular weight is 743 g/mol. The van der Waals surface area contributed by atoms with Crippen molar-refractivity contribution >= 4 is 69.6 Å². The second-order valence-electron chi connectivity index (χ2n) is 8.71. The number of methoxy groups -OCH3 is 1. The molecule has 0 spiro atoms. The topological polar surface area (TPSA) is 54.0 Å². The van der Waals surface area contributed by atoms with E-state index in [2.05, 4.69) is 88.0 Å². The van der Waals surface area contributed by atoms with Crippen LogP contribution in [0.3, 0.4) is 0 Å². The van der Waals surface area contributed by atoms with Crippen molar-refractivity contribution in [2.45, 2.75) is 25.3 Å². The Labute approximate surface area is 242 Å². The van der Waals surface area contributed by atoms with Gasteiger partial charge in [-0.25, -0.2) is 0 Å². The fourth-order valence-electron chi connectivity index (χ4n) is 3.56. The first-order valence-corrected chi connectivity index (χ1v) is 14.4. The van der Waals surface area contributed by atoms with E-state index in [0.29, 0.717) is 26.0 Å². The molecule has 0 saturated heterocycles. The SMILES string of the molecule is COc1c(Br)cc(CC(C(=O)NCCc2cc(Br)c(OCCCN(C)C)c(Br)c2)N(C)C)cc1Br. The van der Waals surface area contributed by atoms with Crippen molar-refractivity contribution in [2.75, 3.05) is 55.0 Å². The minimum absolute atomic E-state index is 0.00274. The van der Waals surface area contributed by atoms with Crippen LogP contribution in [-0.2, 0) is 17.6 Å². The zero-order valence-electron chi connectivity index (χ0n) is 20.8. The van der Waals surface area contributed by atoms with Crippen molar-refractivity contribution in [3.63, 3.8) is 0 Å². The average Bonchev–Trinajstić information content (AvgIpc) is 2.75. The zero-order valence-corrected chi connectivity index (χ0v) is 27.1. The standard InChI is InChI=1S/C25H33Br4N3O3/c1-31(2)9-6-10-35-24-20(28)11-16(12-21(24)29)7-8-30-25(33)22(32(3)4)15-17-13-18(26)23(34-5)19(27)14-17/h11-14,22H,6-10,15H2,1-5H3,(H,30,33). The predicted octanol–water partition coefficient (Wildman–Crippen LogP) is 5.91. The first kappa shape index (κ1) is 30.6. The summed E-state index contributed by atoms with van der Waals surface area (Å²) in [6, 6.07) is 7.79. The van der Waals surface area contributed by atoms with Gasteiger partial charge in [0.1, 0.15) is 11.5 Å². The van der Waals surface area contributed by atoms with Gasteiger partial charge in [-0.15, -0.1) is 0 Å². The van der Waals surface area contributed by atoms with Crippen LogP contribution in [0.4, 0.5) is 0 Å². The van der Waals surface area contributed by atoms with Crippen LogP contribution in [-0.4, -0.2) is 76.7 Å². The molecule has 0 saturated carbocycles. The van der Waals surface area contributed by atoms with Gasteiger partial charge in [0.05, 0.1) is 37.6 Å². The molecule has 10 heteroatoms. The zero-order chi connectivity index (χ0) is 26.1. The van der Waals surface area contributed by atoms with Gasteiger partial charge in [0.25, 0.3) is 0 Å². The van der Waals surface area contributed by atoms with Gasteiger partial charge in [-0.2, -0.15) is 0 Å². The molecule has 2 rings (SSSR count). The van der Waals surface area contributed by atoms with Gasteiger partial charge >= 0.3 is 0 Å². The lowest BCUT2D eigenvalue weighted by Crippen LogP contribution is -2.45. The second-order valence-corrected chi connectivity index (χ2v) is 12.1. The molecule has 6 nitrogen and oxygen atoms in total. The highest BCUT2D eigenvalue weighted by Crippen LogP contribution is 2.36. The highest BCUT2D eigenvalue weighted by molar-refractivity contribution is 9.11. The fourth-order valence-corrected chi connectivity index (χ4v) is 6.67. The number of carbonyl (C=O) groups excluding carboxylic acids is 1. The van der Waals surface area contributed by atoms with Crippen LogP contribution in [0.2, 0.25) is 0 Å². The number of rotatable bonds is 13. The number of amides is 1. The number of halogens is 4. The van der Waals surface area contributed by atoms with E-state index >= 15 is 0 Å². The molecular weight excluding hydrogens is 710 g/mol. The quantitative estimate of drug-likeness (QED) is 0.259. The van der Waals surface area contributed by atoms with E-state index in [4.69, 9.17) is 9.47 Å². The fraction of sp³-hybridized carbons (Fsp3) is 0.480. The molecule has 194 valence electrons. The summed E-state index contributed by atoms with van der Waals surface area (Å²) in [5.41, 5.74) is 2.14. The molecule has 0 radical (unpaired) electrons. The van der Waals surface area contributed by atoms with Crippen LogP contribution in [0.5, 0.6) is 11.5 Å². The molecule has 1 N–H and O–H groups in total. The Hall–Kier alpha value is -0.650. The molecule has 2 aromatic carbocycles. The Balaban J connectivity index is 1.95. The molecule has 0 aliphatic rings. The first-order valence-electron chi connectivity index (χ1n) is 11.2. The Bertz CT molecular complexity index is 956. The minimum Gasteiger partial charge on any atom is -0.494 e. The molecule has 0 aliphatic carbocycles. The van der Waals surface area contributed by atoms with E-state index in [-0.39, 0.29) is 11.9 Å². The van der Waals surface area contributed by atoms with Crippen LogP contribution in [0.25, 0.3) is 0 Å². The number of nitrogens with one attached hydrogen (secondary N) is 1. The van der Waals surface area contributed by atoms with Gasteiger partial charge in [-0.05, 0) is 147 Å². The molecule has 0 aromatic heterocycles. The second kappa shape index (κ2) is 14.9. The van der Waals surface area contributed by atoms with Gasteiger partial charge in [0.15, 0.2) is 0 Å². The van der Waals surface area contributed by atoms with E-state index in [1.54, 1.807) is 7.11 Å². The highest BCUT2D eigenvalue weighted by atomic mass is 79.9. The van der Waals surface area contributed by atoms with Crippen molar-refractivity contribution in [3.8, 4) is 11.5 Å². The first-order chi connectivity index (χ1) is 16.5. The lowest BCUT2D eigenvalue weighted by Gasteiger charge is -2.24. The molecule has 1 atom stereocenters. The monoisotopic (exact) mass is 739 g/mol. The maximum atomic E-state index is 13.0. The molecule has 0 heterocycles. The van der Waals surface area contributed by atoms with Gasteiger partial charge in [0, 0.05) is 13.1 Å². The molecule has 0 fully saturated rings. The Morgan fingerprint density at radius 3 is 1.97 bits per heavy atom. The molecular formula is C25H33Br4N3O3. The summed E-state index contributed by atoms with van der Waals surface area (Å²) in [4.78, 5) is 17.1. The summed E-state index contributed by atoms with van der Waals surface area (Å²) in [5, 5.41) is 3.10. The number of benzene rings is 2. The van der Waals surface area contributed by atoms with Crippen molar-refractivity contribution in [1.29, 1.82) is 0 Å². The summed E-state index contributed by atoms with van der Waals surface area (Å²) in [6.07, 6.45) is 2.25. The van der Waals surface area contributed by atoms with E-state index < -0.39 is 0 Å². The van der Waals surface area contributed by atoms with Crippen LogP contribution in [0.1, 0.15) is 17.5 Å². The van der Waals surface area contributed by atoms with Crippen molar-refractivity contribution in [2.24, 2.45) is 0 Å². The normalized spacial score (nSPS) is 12.2. The van der Waals surface area contributed by atoms with Crippen molar-refractivity contribution in [3.05, 3.63) is 53.3 Å². The summed E-state index contributed by atoms with van der Waals surface area (Å²) in [5.74, 6) is 1.54. The molecule has 35 heavy (non-hydrogen) atoms. The number of hydrogen-bond donors (Lipinski definition) is 1. The van der Waals surface area contributed by atoms with Crippen LogP contribution >= 0.6 is 63.7 Å². The lowest BCUT2D eigenvalue weighted by molar-refractivity contribution is -0.125. The smallest absolute Gasteiger partial charge is 0.237 e. The van der Waals surface area contributed by atoms with Gasteiger partial charge in [0.2, 0.25) is 5.91 Å². The Morgan fingerprint density at radius 1 is 0.914 bits per heavy atom. The number of carbonyl (C=O) groups is 1. The number of hydrogen-bond acceptors (Lipinski definition) is 5. The van der Waals surface area contributed by atoms with Crippen molar-refractivity contribution in [1.82, 2.24) is 15.1 Å². The lowest BCUT2D eigenvalue weighted by atomic mass is 10.0. The maximum absolute atomic E-state index is 13.0. The largest absolute Gasteiger partial charge is 0.494 e. The van der Waals surface area contributed by atoms with Gasteiger partial charge in [-0.3, -0.25) is 9.69 Å². The Kier molecular flexibility index (Phi) is 13.0. The van der Waals surface area contributed by atoms with Gasteiger partial charge in [-0.1, -0.05) is 0 Å². The van der Waals surface area contributed by atoms with Crippen molar-refractivity contribution < 1.29 is 14.3 Å². The number of nitrogens with zero attached hydrogens (tertiary/aromatic N) is 2. The number of ether oxygens (including phenoxy) is 2. The van der Waals surface area contributed by atoms with E-state index in [1.807, 2.05) is 43.3 Å². The van der Waals surface area contributed by atoms with E-state index in [9.17, 15) is 4.79 Å². The summed E-state index contributed by atoms with van der Waals surface area (Å²) in [7, 11) is 9.58. The number of likely N-dealkylation sites (N-methyl/N-ethyl adjacent to an activating group) is 1. The summed E-state index contributed by atoms with van der Waals surface area (Å²) in [6.45, 7) is 2.17. The molecule has 1 unspecified atom stereocenters. The van der Waals surface area contributed by atoms with Gasteiger partial charge < -0.3 is 19.7 Å². The molecule has 1 amide bonds. The Morgan fingerprint density at radius 2 is 1.46 bits per heavy atom. The third kappa shape index (κ3) is 9.63. The van der Waals surface area contributed by atoms with Crippen LogP contribution in [0, 0.1) is 0 Å². The van der Waals surface area contributed by atoms with Crippen LogP contribution < -0.4 is 14.8 Å². The van der Waals surface area contributed by atoms with E-state index in [0.717, 1.165) is 53.5 Å². The third-order valence-corrected chi connectivity index (χ3v) is 7.74. The molecule has 0 bridgehead atoms. The van der Waals surface area contributed by atoms with E-state index in [1.165, 1.54) is 0 Å². The molecule has 0 aliphatic heterocycles. The minimum atomic E-state index is -0.293.